The number of hydrogen-bond donors (Lipinski definition) is 1. The van der Waals surface area contributed by atoms with Gasteiger partial charge >= 0.3 is 6.09 Å². The van der Waals surface area contributed by atoms with E-state index in [1.165, 1.54) is 30.2 Å². The molecule has 8 heteroatoms. The molecule has 26 heavy (non-hydrogen) atoms. The van der Waals surface area contributed by atoms with Gasteiger partial charge in [-0.2, -0.15) is 5.26 Å². The van der Waals surface area contributed by atoms with Crippen LogP contribution in [0.4, 0.5) is 14.9 Å². The first-order valence-corrected chi connectivity index (χ1v) is 7.86. The molecule has 1 aliphatic rings. The second-order valence-corrected chi connectivity index (χ2v) is 5.76. The van der Waals surface area contributed by atoms with E-state index in [0.717, 1.165) is 0 Å². The Balaban J connectivity index is 1.78. The van der Waals surface area contributed by atoms with E-state index in [9.17, 15) is 14.0 Å². The van der Waals surface area contributed by atoms with Crippen LogP contribution in [-0.4, -0.2) is 36.2 Å². The minimum absolute atomic E-state index is 0.203. The third-order valence-electron chi connectivity index (χ3n) is 3.91. The first kappa shape index (κ1) is 17.4. The summed E-state index contributed by atoms with van der Waals surface area (Å²) in [4.78, 5) is 28.2. The van der Waals surface area contributed by atoms with Gasteiger partial charge in [-0.25, -0.2) is 14.2 Å². The predicted octanol–water partition coefficient (Wildman–Crippen LogP) is 2.22. The minimum atomic E-state index is -0.590. The van der Waals surface area contributed by atoms with Crippen LogP contribution in [0.15, 0.2) is 36.5 Å². The lowest BCUT2D eigenvalue weighted by Gasteiger charge is -2.14. The zero-order valence-electron chi connectivity index (χ0n) is 13.9. The van der Waals surface area contributed by atoms with Crippen LogP contribution in [0.3, 0.4) is 0 Å². The molecule has 2 amide bonds. The fraction of sp³-hybridized carbons (Fsp3) is 0.222. The van der Waals surface area contributed by atoms with Gasteiger partial charge in [0.15, 0.2) is 0 Å². The second-order valence-electron chi connectivity index (χ2n) is 5.76. The Kier molecular flexibility index (Phi) is 4.80. The molecule has 0 aliphatic carbocycles. The molecule has 1 aromatic heterocycles. The average molecular weight is 354 g/mol. The van der Waals surface area contributed by atoms with Crippen LogP contribution in [0.1, 0.15) is 12.6 Å². The number of nitriles is 1. The molecular formula is C18H15FN4O3. The highest BCUT2D eigenvalue weighted by Crippen LogP contribution is 2.28. The van der Waals surface area contributed by atoms with Crippen LogP contribution >= 0.6 is 0 Å². The molecule has 0 saturated carbocycles. The number of cyclic esters (lactones) is 1. The monoisotopic (exact) mass is 354 g/mol. The van der Waals surface area contributed by atoms with Crippen molar-refractivity contribution >= 4 is 17.7 Å². The SMILES string of the molecule is CC(=O)NC[C@H]1CN(c2ccc(-c3ccc(C#N)nc3)c(F)c2)C(=O)O1. The highest BCUT2D eigenvalue weighted by atomic mass is 19.1. The first-order chi connectivity index (χ1) is 12.5. The van der Waals surface area contributed by atoms with Crippen LogP contribution in [0.5, 0.6) is 0 Å². The van der Waals surface area contributed by atoms with E-state index in [4.69, 9.17) is 10.00 Å². The number of nitrogens with zero attached hydrogens (tertiary/aromatic N) is 3. The maximum atomic E-state index is 14.5. The van der Waals surface area contributed by atoms with Crippen LogP contribution in [0.25, 0.3) is 11.1 Å². The summed E-state index contributed by atoms with van der Waals surface area (Å²) >= 11 is 0. The number of anilines is 1. The standard InChI is InChI=1S/C18H15FN4O3/c1-11(24)21-9-15-10-23(18(25)26-15)14-4-5-16(17(19)6-14)12-2-3-13(7-20)22-8-12/h2-6,8,15H,9-10H2,1H3,(H,21,24)/t15-/m0/s1. The predicted molar refractivity (Wildman–Crippen MR) is 90.6 cm³/mol. The van der Waals surface area contributed by atoms with Crippen LogP contribution in [0.2, 0.25) is 0 Å². The first-order valence-electron chi connectivity index (χ1n) is 7.86. The molecule has 1 N–H and O–H groups in total. The van der Waals surface area contributed by atoms with Gasteiger partial charge in [0, 0.05) is 24.2 Å². The molecule has 7 nitrogen and oxygen atoms in total. The fourth-order valence-corrected chi connectivity index (χ4v) is 2.62. The highest BCUT2D eigenvalue weighted by Gasteiger charge is 2.32. The Morgan fingerprint density at radius 2 is 2.27 bits per heavy atom. The number of halogens is 1. The van der Waals surface area contributed by atoms with Crippen molar-refractivity contribution in [1.82, 2.24) is 10.3 Å². The van der Waals surface area contributed by atoms with Crippen molar-refractivity contribution in [3.05, 3.63) is 48.0 Å². The van der Waals surface area contributed by atoms with E-state index >= 15 is 0 Å². The van der Waals surface area contributed by atoms with Gasteiger partial charge in [-0.05, 0) is 30.3 Å². The maximum Gasteiger partial charge on any atom is 0.414 e. The summed E-state index contributed by atoms with van der Waals surface area (Å²) in [5.41, 5.74) is 1.45. The van der Waals surface area contributed by atoms with Gasteiger partial charge in [-0.1, -0.05) is 0 Å². The lowest BCUT2D eigenvalue weighted by Crippen LogP contribution is -2.33. The highest BCUT2D eigenvalue weighted by molar-refractivity contribution is 5.90. The molecule has 0 spiro atoms. The number of amides is 2. The van der Waals surface area contributed by atoms with Crippen LogP contribution < -0.4 is 10.2 Å². The van der Waals surface area contributed by atoms with Crippen LogP contribution in [0, 0.1) is 17.1 Å². The number of carbonyl (C=O) groups excluding carboxylic acids is 2. The van der Waals surface area contributed by atoms with E-state index in [-0.39, 0.29) is 24.7 Å². The third kappa shape index (κ3) is 3.62. The van der Waals surface area contributed by atoms with Crippen molar-refractivity contribution < 1.29 is 18.7 Å². The van der Waals surface area contributed by atoms with Gasteiger partial charge in [0.2, 0.25) is 5.91 Å². The summed E-state index contributed by atoms with van der Waals surface area (Å²) in [6.45, 7) is 1.80. The summed E-state index contributed by atoms with van der Waals surface area (Å²) < 4.78 is 19.7. The van der Waals surface area contributed by atoms with Crippen molar-refractivity contribution in [1.29, 1.82) is 5.26 Å². The lowest BCUT2D eigenvalue weighted by atomic mass is 10.1. The molecule has 3 rings (SSSR count). The van der Waals surface area contributed by atoms with E-state index < -0.39 is 18.0 Å². The molecule has 1 aliphatic heterocycles. The third-order valence-corrected chi connectivity index (χ3v) is 3.91. The van der Waals surface area contributed by atoms with E-state index in [1.54, 1.807) is 18.2 Å². The largest absolute Gasteiger partial charge is 0.442 e. The number of benzene rings is 1. The van der Waals surface area contributed by atoms with Gasteiger partial charge in [0.1, 0.15) is 23.7 Å². The Hall–Kier alpha value is -3.47. The zero-order chi connectivity index (χ0) is 18.7. The number of pyridine rings is 1. The molecule has 1 fully saturated rings. The molecule has 1 aromatic carbocycles. The smallest absolute Gasteiger partial charge is 0.414 e. The minimum Gasteiger partial charge on any atom is -0.442 e. The van der Waals surface area contributed by atoms with Gasteiger partial charge in [0.05, 0.1) is 18.8 Å². The lowest BCUT2D eigenvalue weighted by molar-refractivity contribution is -0.119. The summed E-state index contributed by atoms with van der Waals surface area (Å²) in [5.74, 6) is -0.738. The second kappa shape index (κ2) is 7.19. The number of rotatable bonds is 4. The van der Waals surface area contributed by atoms with Gasteiger partial charge in [0.25, 0.3) is 0 Å². The van der Waals surface area contributed by atoms with Crippen LogP contribution in [-0.2, 0) is 9.53 Å². The normalized spacial score (nSPS) is 16.1. The zero-order valence-corrected chi connectivity index (χ0v) is 13.9. The van der Waals surface area contributed by atoms with Gasteiger partial charge < -0.3 is 10.1 Å². The van der Waals surface area contributed by atoms with E-state index in [2.05, 4.69) is 10.3 Å². The van der Waals surface area contributed by atoms with Gasteiger partial charge in [-0.3, -0.25) is 9.69 Å². The topological polar surface area (TPSA) is 95.3 Å². The molecule has 2 heterocycles. The summed E-state index contributed by atoms with van der Waals surface area (Å²) in [6.07, 6.45) is 0.342. The Bertz CT molecular complexity index is 892. The maximum absolute atomic E-state index is 14.5. The van der Waals surface area contributed by atoms with E-state index in [1.807, 2.05) is 6.07 Å². The molecule has 132 valence electrons. The molecule has 0 bridgehead atoms. The van der Waals surface area contributed by atoms with Crippen molar-refractivity contribution in [2.75, 3.05) is 18.0 Å². The number of nitrogens with one attached hydrogen (secondary N) is 1. The fourth-order valence-electron chi connectivity index (χ4n) is 2.62. The molecule has 1 atom stereocenters. The summed E-state index contributed by atoms with van der Waals surface area (Å²) in [7, 11) is 0. The molecule has 1 saturated heterocycles. The van der Waals surface area contributed by atoms with Crippen molar-refractivity contribution in [3.63, 3.8) is 0 Å². The Labute approximate surface area is 149 Å². The Morgan fingerprint density at radius 3 is 2.88 bits per heavy atom. The Morgan fingerprint density at radius 1 is 1.46 bits per heavy atom. The molecule has 0 radical (unpaired) electrons. The molecule has 0 unspecified atom stereocenters. The number of hydrogen-bond acceptors (Lipinski definition) is 5. The molecule has 2 aromatic rings. The summed E-state index contributed by atoms with van der Waals surface area (Å²) in [6, 6.07) is 9.42. The average Bonchev–Trinajstić information content (AvgIpc) is 3.01. The van der Waals surface area contributed by atoms with E-state index in [0.29, 0.717) is 16.8 Å². The molecular weight excluding hydrogens is 339 g/mol. The van der Waals surface area contributed by atoms with Crippen molar-refractivity contribution in [3.8, 4) is 17.2 Å². The van der Waals surface area contributed by atoms with Crippen molar-refractivity contribution in [2.24, 2.45) is 0 Å². The summed E-state index contributed by atoms with van der Waals surface area (Å²) in [5, 5.41) is 11.4. The van der Waals surface area contributed by atoms with Crippen molar-refractivity contribution in [2.45, 2.75) is 13.0 Å². The number of carbonyl (C=O) groups is 2. The quantitative estimate of drug-likeness (QED) is 0.908. The number of aromatic nitrogens is 1. The van der Waals surface area contributed by atoms with Gasteiger partial charge in [-0.15, -0.1) is 0 Å². The number of ether oxygens (including phenoxy) is 1.